The number of halogens is 1. The van der Waals surface area contributed by atoms with Gasteiger partial charge in [0.05, 0.1) is 11.6 Å². The van der Waals surface area contributed by atoms with E-state index in [2.05, 4.69) is 47.2 Å². The van der Waals surface area contributed by atoms with Crippen LogP contribution in [0.2, 0.25) is 0 Å². The molecule has 1 fully saturated rings. The molecule has 3 atom stereocenters. The summed E-state index contributed by atoms with van der Waals surface area (Å²) in [6, 6.07) is 7.55. The van der Waals surface area contributed by atoms with Crippen molar-refractivity contribution in [2.45, 2.75) is 45.8 Å². The maximum absolute atomic E-state index is 13.8. The minimum Gasteiger partial charge on any atom is -0.364 e. The Balaban J connectivity index is 1.46. The van der Waals surface area contributed by atoms with E-state index in [1.165, 1.54) is 9.58 Å². The number of primary amides is 1. The van der Waals surface area contributed by atoms with Crippen LogP contribution in [0.1, 0.15) is 35.2 Å². The van der Waals surface area contributed by atoms with Crippen LogP contribution in [0.3, 0.4) is 0 Å². The molecular weight excluding hydrogens is 588 g/mol. The highest BCUT2D eigenvalue weighted by Gasteiger charge is 2.44. The van der Waals surface area contributed by atoms with Gasteiger partial charge in [0.15, 0.2) is 5.69 Å². The first-order valence-electron chi connectivity index (χ1n) is 12.9. The zero-order valence-corrected chi connectivity index (χ0v) is 24.2. The number of terminal acetylenes is 1. The van der Waals surface area contributed by atoms with E-state index in [4.69, 9.17) is 12.2 Å². The number of fused-ring (bicyclic) bond motifs is 1. The van der Waals surface area contributed by atoms with Gasteiger partial charge in [-0.1, -0.05) is 25.0 Å². The number of amides is 3. The van der Waals surface area contributed by atoms with Crippen molar-refractivity contribution in [3.8, 4) is 23.5 Å². The molecule has 208 valence electrons. The maximum atomic E-state index is 13.8. The fourth-order valence-corrected chi connectivity index (χ4v) is 5.42. The number of aromatic nitrogens is 5. The Kier molecular flexibility index (Phi) is 7.55. The van der Waals surface area contributed by atoms with Crippen LogP contribution in [0, 0.1) is 32.1 Å². The number of hydrogen-bond donors (Lipinski definition) is 2. The van der Waals surface area contributed by atoms with Crippen LogP contribution in [-0.4, -0.2) is 59.4 Å². The Morgan fingerprint density at radius 1 is 1.15 bits per heavy atom. The van der Waals surface area contributed by atoms with Gasteiger partial charge in [-0.2, -0.15) is 5.10 Å². The molecule has 0 radical (unpaired) electrons. The van der Waals surface area contributed by atoms with E-state index in [9.17, 15) is 14.4 Å². The number of likely N-dealkylation sites (tertiary alicyclic amines) is 1. The van der Waals surface area contributed by atoms with E-state index in [1.807, 2.05) is 26.0 Å². The minimum atomic E-state index is -0.815. The zero-order chi connectivity index (χ0) is 29.4. The molecule has 4 heterocycles. The molecule has 0 unspecified atom stereocenters. The average molecular weight is 615 g/mol. The van der Waals surface area contributed by atoms with Crippen molar-refractivity contribution in [2.75, 3.05) is 5.32 Å². The SMILES string of the molecule is C#C[C@@H]1[C@@H](C)C[C@@H](C(=O)Nc2nc(Br)ccc2C)N1C(=O)Cn1nc(C(N)=O)c2cc(-c3cnc(C)nc3)ccc21. The van der Waals surface area contributed by atoms with Gasteiger partial charge in [0.25, 0.3) is 5.91 Å². The molecule has 3 amide bonds. The second-order valence-electron chi connectivity index (χ2n) is 10.1. The molecule has 12 heteroatoms. The highest BCUT2D eigenvalue weighted by Crippen LogP contribution is 2.32. The number of hydrogen-bond acceptors (Lipinski definition) is 7. The number of carbonyl (C=O) groups is 3. The van der Waals surface area contributed by atoms with Gasteiger partial charge in [-0.25, -0.2) is 15.0 Å². The summed E-state index contributed by atoms with van der Waals surface area (Å²) in [5.41, 5.74) is 8.50. The molecule has 1 aromatic carbocycles. The van der Waals surface area contributed by atoms with Crippen molar-refractivity contribution in [1.29, 1.82) is 0 Å². The Labute approximate surface area is 244 Å². The monoisotopic (exact) mass is 614 g/mol. The van der Waals surface area contributed by atoms with Crippen molar-refractivity contribution in [1.82, 2.24) is 29.6 Å². The first kappa shape index (κ1) is 27.9. The number of aryl methyl sites for hydroxylation is 2. The summed E-state index contributed by atoms with van der Waals surface area (Å²) in [5.74, 6) is 2.06. The highest BCUT2D eigenvalue weighted by molar-refractivity contribution is 9.10. The Morgan fingerprint density at radius 3 is 2.56 bits per heavy atom. The summed E-state index contributed by atoms with van der Waals surface area (Å²) in [6.07, 6.45) is 9.59. The van der Waals surface area contributed by atoms with E-state index < -0.39 is 23.9 Å². The summed E-state index contributed by atoms with van der Waals surface area (Å²) in [4.78, 5) is 53.8. The van der Waals surface area contributed by atoms with Crippen LogP contribution in [0.5, 0.6) is 0 Å². The summed E-state index contributed by atoms with van der Waals surface area (Å²) >= 11 is 3.32. The number of rotatable bonds is 6. The molecule has 3 N–H and O–H groups in total. The molecule has 3 aromatic heterocycles. The molecule has 0 spiro atoms. The predicted octanol–water partition coefficient (Wildman–Crippen LogP) is 3.24. The Morgan fingerprint density at radius 2 is 1.88 bits per heavy atom. The van der Waals surface area contributed by atoms with Crippen molar-refractivity contribution < 1.29 is 14.4 Å². The van der Waals surface area contributed by atoms with Gasteiger partial charge in [0.1, 0.15) is 28.8 Å². The normalized spacial score (nSPS) is 18.3. The highest BCUT2D eigenvalue weighted by atomic mass is 79.9. The molecule has 0 bridgehead atoms. The Hall–Kier alpha value is -4.63. The quantitative estimate of drug-likeness (QED) is 0.250. The van der Waals surface area contributed by atoms with E-state index in [-0.39, 0.29) is 24.1 Å². The smallest absolute Gasteiger partial charge is 0.269 e. The van der Waals surface area contributed by atoms with Gasteiger partial charge in [0.2, 0.25) is 11.8 Å². The lowest BCUT2D eigenvalue weighted by Crippen LogP contribution is -2.48. The lowest BCUT2D eigenvalue weighted by atomic mass is 10.0. The van der Waals surface area contributed by atoms with Crippen molar-refractivity contribution in [2.24, 2.45) is 11.7 Å². The molecular formula is C29H27BrN8O3. The number of nitrogens with zero attached hydrogens (tertiary/aromatic N) is 6. The molecule has 0 saturated carbocycles. The lowest BCUT2D eigenvalue weighted by Gasteiger charge is -2.28. The van der Waals surface area contributed by atoms with E-state index in [1.54, 1.807) is 37.5 Å². The third-order valence-electron chi connectivity index (χ3n) is 7.22. The summed E-state index contributed by atoms with van der Waals surface area (Å²) in [7, 11) is 0. The number of carbonyl (C=O) groups excluding carboxylic acids is 3. The van der Waals surface area contributed by atoms with Crippen LogP contribution in [0.25, 0.3) is 22.0 Å². The maximum Gasteiger partial charge on any atom is 0.269 e. The molecule has 0 aliphatic carbocycles. The van der Waals surface area contributed by atoms with E-state index in [0.29, 0.717) is 33.6 Å². The first-order valence-corrected chi connectivity index (χ1v) is 13.7. The largest absolute Gasteiger partial charge is 0.364 e. The number of pyridine rings is 1. The fraction of sp³-hybridized carbons (Fsp3) is 0.276. The van der Waals surface area contributed by atoms with Gasteiger partial charge >= 0.3 is 0 Å². The minimum absolute atomic E-state index is 0.0245. The second-order valence-corrected chi connectivity index (χ2v) is 10.9. The Bertz CT molecular complexity index is 1730. The zero-order valence-electron chi connectivity index (χ0n) is 22.6. The lowest BCUT2D eigenvalue weighted by molar-refractivity contribution is -0.138. The third-order valence-corrected chi connectivity index (χ3v) is 7.66. The standard InChI is InChI=1S/C29H27BrN8O3/c1-5-21-16(3)10-23(29(41)35-28-15(2)6-9-24(30)34-28)38(21)25(39)14-37-22-8-7-18(19-12-32-17(4)33-13-19)11-20(22)26(36-37)27(31)40/h1,6-9,11-13,16,21,23H,10,14H2,2-4H3,(H2,31,40)(H,34,35,41)/t16-,21+,23-/m0/s1. The van der Waals surface area contributed by atoms with Crippen LogP contribution in [-0.2, 0) is 16.1 Å². The number of nitrogens with two attached hydrogens (primary N) is 1. The van der Waals surface area contributed by atoms with Crippen LogP contribution in [0.15, 0.2) is 47.3 Å². The van der Waals surface area contributed by atoms with Gasteiger partial charge in [-0.3, -0.25) is 19.1 Å². The summed E-state index contributed by atoms with van der Waals surface area (Å²) < 4.78 is 1.99. The van der Waals surface area contributed by atoms with Crippen LogP contribution >= 0.6 is 15.9 Å². The second kappa shape index (κ2) is 11.1. The summed E-state index contributed by atoms with van der Waals surface area (Å²) in [5, 5.41) is 7.70. The van der Waals surface area contributed by atoms with Crippen molar-refractivity contribution in [3.63, 3.8) is 0 Å². The van der Waals surface area contributed by atoms with E-state index >= 15 is 0 Å². The van der Waals surface area contributed by atoms with Crippen molar-refractivity contribution in [3.05, 3.63) is 64.4 Å². The fourth-order valence-electron chi connectivity index (χ4n) is 5.11. The molecule has 4 aromatic rings. The molecule has 1 aliphatic rings. The third kappa shape index (κ3) is 5.40. The van der Waals surface area contributed by atoms with Crippen LogP contribution in [0.4, 0.5) is 5.82 Å². The van der Waals surface area contributed by atoms with Gasteiger partial charge in [-0.05, 0) is 71.4 Å². The topological polar surface area (TPSA) is 149 Å². The number of benzene rings is 1. The van der Waals surface area contributed by atoms with E-state index in [0.717, 1.165) is 16.7 Å². The first-order chi connectivity index (χ1) is 19.6. The van der Waals surface area contributed by atoms with Gasteiger partial charge in [0, 0.05) is 23.3 Å². The molecule has 1 saturated heterocycles. The van der Waals surface area contributed by atoms with Gasteiger partial charge < -0.3 is 16.0 Å². The molecule has 11 nitrogen and oxygen atoms in total. The summed E-state index contributed by atoms with van der Waals surface area (Å²) in [6.45, 7) is 5.28. The van der Waals surface area contributed by atoms with Crippen LogP contribution < -0.4 is 11.1 Å². The average Bonchev–Trinajstić information content (AvgIpc) is 3.48. The molecule has 41 heavy (non-hydrogen) atoms. The van der Waals surface area contributed by atoms with Gasteiger partial charge in [-0.15, -0.1) is 6.42 Å². The number of anilines is 1. The molecule has 1 aliphatic heterocycles. The van der Waals surface area contributed by atoms with Crippen molar-refractivity contribution >= 4 is 50.4 Å². The number of nitrogens with one attached hydrogen (secondary N) is 1. The predicted molar refractivity (Wildman–Crippen MR) is 156 cm³/mol. The molecule has 5 rings (SSSR count).